The predicted octanol–water partition coefficient (Wildman–Crippen LogP) is 2.93. The van der Waals surface area contributed by atoms with Gasteiger partial charge in [0, 0.05) is 31.8 Å². The molecule has 0 aromatic heterocycles. The SMILES string of the molecule is CCNC(=NCc1cc(F)ccc1F)N1CCOC(C2CCCO2)C1.I. The molecule has 26 heavy (non-hydrogen) atoms. The van der Waals surface area contributed by atoms with Crippen molar-refractivity contribution in [2.24, 2.45) is 4.99 Å². The molecule has 2 saturated heterocycles. The minimum Gasteiger partial charge on any atom is -0.375 e. The van der Waals surface area contributed by atoms with Crippen LogP contribution in [0.3, 0.4) is 0 Å². The first-order valence-electron chi connectivity index (χ1n) is 8.87. The molecule has 2 aliphatic heterocycles. The minimum atomic E-state index is -0.457. The van der Waals surface area contributed by atoms with Crippen LogP contribution in [0.15, 0.2) is 23.2 Å². The van der Waals surface area contributed by atoms with E-state index in [1.807, 2.05) is 6.92 Å². The summed E-state index contributed by atoms with van der Waals surface area (Å²) < 4.78 is 38.7. The van der Waals surface area contributed by atoms with E-state index in [1.165, 1.54) is 6.07 Å². The van der Waals surface area contributed by atoms with Crippen LogP contribution >= 0.6 is 24.0 Å². The number of hydrogen-bond acceptors (Lipinski definition) is 3. The molecule has 3 rings (SSSR count). The minimum absolute atomic E-state index is 0. The second-order valence-corrected chi connectivity index (χ2v) is 6.31. The van der Waals surface area contributed by atoms with E-state index in [9.17, 15) is 8.78 Å². The zero-order chi connectivity index (χ0) is 17.6. The first-order chi connectivity index (χ1) is 12.2. The Kier molecular flexibility index (Phi) is 8.49. The maximum absolute atomic E-state index is 13.8. The zero-order valence-electron chi connectivity index (χ0n) is 14.9. The third-order valence-corrected chi connectivity index (χ3v) is 4.51. The molecule has 1 N–H and O–H groups in total. The van der Waals surface area contributed by atoms with Crippen LogP contribution in [0.5, 0.6) is 0 Å². The summed E-state index contributed by atoms with van der Waals surface area (Å²) >= 11 is 0. The van der Waals surface area contributed by atoms with Gasteiger partial charge in [0.1, 0.15) is 17.7 Å². The Morgan fingerprint density at radius 2 is 2.08 bits per heavy atom. The molecule has 2 aliphatic rings. The topological polar surface area (TPSA) is 46.1 Å². The van der Waals surface area contributed by atoms with Gasteiger partial charge in [-0.1, -0.05) is 0 Å². The molecule has 5 nitrogen and oxygen atoms in total. The molecule has 8 heteroatoms. The number of benzene rings is 1. The molecule has 0 aliphatic carbocycles. The van der Waals surface area contributed by atoms with Crippen LogP contribution in [-0.4, -0.2) is 55.9 Å². The maximum atomic E-state index is 13.8. The van der Waals surface area contributed by atoms with Crippen molar-refractivity contribution < 1.29 is 18.3 Å². The number of rotatable bonds is 4. The van der Waals surface area contributed by atoms with E-state index < -0.39 is 11.6 Å². The number of guanidine groups is 1. The Hall–Kier alpha value is -1.00. The summed E-state index contributed by atoms with van der Waals surface area (Å²) in [6.07, 6.45) is 2.23. The summed E-state index contributed by atoms with van der Waals surface area (Å²) in [7, 11) is 0. The van der Waals surface area contributed by atoms with Gasteiger partial charge in [0.25, 0.3) is 0 Å². The van der Waals surface area contributed by atoms with E-state index >= 15 is 0 Å². The summed E-state index contributed by atoms with van der Waals surface area (Å²) in [6, 6.07) is 3.44. The van der Waals surface area contributed by atoms with Crippen LogP contribution in [0.25, 0.3) is 0 Å². The smallest absolute Gasteiger partial charge is 0.194 e. The summed E-state index contributed by atoms with van der Waals surface area (Å²) in [5.74, 6) is -0.209. The molecular formula is C18H26F2IN3O2. The lowest BCUT2D eigenvalue weighted by atomic mass is 10.1. The van der Waals surface area contributed by atoms with E-state index in [1.54, 1.807) is 0 Å². The van der Waals surface area contributed by atoms with Crippen molar-refractivity contribution >= 4 is 29.9 Å². The lowest BCUT2D eigenvalue weighted by molar-refractivity contribution is -0.0817. The quantitative estimate of drug-likeness (QED) is 0.408. The summed E-state index contributed by atoms with van der Waals surface area (Å²) in [6.45, 7) is 5.56. The van der Waals surface area contributed by atoms with Crippen molar-refractivity contribution in [2.75, 3.05) is 32.8 Å². The Bertz CT molecular complexity index is 612. The molecule has 0 spiro atoms. The molecule has 0 amide bonds. The number of nitrogens with zero attached hydrogens (tertiary/aromatic N) is 2. The second kappa shape index (κ2) is 10.4. The molecule has 0 saturated carbocycles. The monoisotopic (exact) mass is 481 g/mol. The van der Waals surface area contributed by atoms with E-state index in [-0.39, 0.29) is 48.3 Å². The summed E-state index contributed by atoms with van der Waals surface area (Å²) in [5, 5.41) is 3.23. The van der Waals surface area contributed by atoms with Gasteiger partial charge >= 0.3 is 0 Å². The highest BCUT2D eigenvalue weighted by atomic mass is 127. The van der Waals surface area contributed by atoms with Gasteiger partial charge in [0.2, 0.25) is 0 Å². The standard InChI is InChI=1S/C18H25F2N3O2.HI/c1-2-21-18(22-11-13-10-14(19)5-6-15(13)20)23-7-9-25-17(12-23)16-4-3-8-24-16;/h5-6,10,16-17H,2-4,7-9,11-12H2,1H3,(H,21,22);1H. The highest BCUT2D eigenvalue weighted by molar-refractivity contribution is 14.0. The van der Waals surface area contributed by atoms with Gasteiger partial charge in [0.15, 0.2) is 5.96 Å². The number of halogens is 3. The van der Waals surface area contributed by atoms with Gasteiger partial charge in [-0.3, -0.25) is 0 Å². The van der Waals surface area contributed by atoms with Crippen LogP contribution < -0.4 is 5.32 Å². The fraction of sp³-hybridized carbons (Fsp3) is 0.611. The molecule has 2 fully saturated rings. The van der Waals surface area contributed by atoms with E-state index in [4.69, 9.17) is 9.47 Å². The molecule has 146 valence electrons. The van der Waals surface area contributed by atoms with Crippen LogP contribution in [0.2, 0.25) is 0 Å². The van der Waals surface area contributed by atoms with Gasteiger partial charge < -0.3 is 19.7 Å². The van der Waals surface area contributed by atoms with Crippen molar-refractivity contribution in [3.63, 3.8) is 0 Å². The summed E-state index contributed by atoms with van der Waals surface area (Å²) in [5.41, 5.74) is 0.249. The normalized spacial score (nSPS) is 23.7. The van der Waals surface area contributed by atoms with Crippen molar-refractivity contribution in [3.8, 4) is 0 Å². The predicted molar refractivity (Wildman–Crippen MR) is 107 cm³/mol. The molecule has 1 aromatic rings. The molecular weight excluding hydrogens is 455 g/mol. The first kappa shape index (κ1) is 21.3. The molecule has 1 aromatic carbocycles. The van der Waals surface area contributed by atoms with E-state index in [0.717, 1.165) is 31.6 Å². The van der Waals surface area contributed by atoms with Gasteiger partial charge in [-0.2, -0.15) is 0 Å². The third kappa shape index (κ3) is 5.50. The average Bonchev–Trinajstić information content (AvgIpc) is 3.16. The highest BCUT2D eigenvalue weighted by Crippen LogP contribution is 2.21. The number of morpholine rings is 1. The lowest BCUT2D eigenvalue weighted by Gasteiger charge is -2.37. The maximum Gasteiger partial charge on any atom is 0.194 e. The molecule has 2 heterocycles. The van der Waals surface area contributed by atoms with Crippen LogP contribution in [-0.2, 0) is 16.0 Å². The average molecular weight is 481 g/mol. The van der Waals surface area contributed by atoms with Crippen LogP contribution in [0.4, 0.5) is 8.78 Å². The lowest BCUT2D eigenvalue weighted by Crippen LogP contribution is -2.53. The Balaban J connectivity index is 0.00000243. The number of ether oxygens (including phenoxy) is 2. The highest BCUT2D eigenvalue weighted by Gasteiger charge is 2.32. The molecule has 0 radical (unpaired) electrons. The van der Waals surface area contributed by atoms with Crippen molar-refractivity contribution in [1.82, 2.24) is 10.2 Å². The van der Waals surface area contributed by atoms with Crippen molar-refractivity contribution in [1.29, 1.82) is 0 Å². The number of hydrogen-bond donors (Lipinski definition) is 1. The van der Waals surface area contributed by atoms with Crippen LogP contribution in [0, 0.1) is 11.6 Å². The van der Waals surface area contributed by atoms with Gasteiger partial charge in [-0.15, -0.1) is 24.0 Å². The van der Waals surface area contributed by atoms with E-state index in [2.05, 4.69) is 15.2 Å². The van der Waals surface area contributed by atoms with Crippen LogP contribution in [0.1, 0.15) is 25.3 Å². The Labute approximate surface area is 170 Å². The summed E-state index contributed by atoms with van der Waals surface area (Å²) in [4.78, 5) is 6.61. The van der Waals surface area contributed by atoms with Crippen molar-refractivity contribution in [2.45, 2.75) is 38.5 Å². The second-order valence-electron chi connectivity index (χ2n) is 6.31. The zero-order valence-corrected chi connectivity index (χ0v) is 17.2. The third-order valence-electron chi connectivity index (χ3n) is 4.51. The number of aliphatic imine (C=N–C) groups is 1. The van der Waals surface area contributed by atoms with Gasteiger partial charge in [-0.25, -0.2) is 13.8 Å². The molecule has 0 bridgehead atoms. The molecule has 2 unspecified atom stereocenters. The largest absolute Gasteiger partial charge is 0.375 e. The molecule has 2 atom stereocenters. The Morgan fingerprint density at radius 1 is 1.27 bits per heavy atom. The number of nitrogens with one attached hydrogen (secondary N) is 1. The fourth-order valence-corrected chi connectivity index (χ4v) is 3.24. The fourth-order valence-electron chi connectivity index (χ4n) is 3.24. The van der Waals surface area contributed by atoms with Gasteiger partial charge in [-0.05, 0) is 38.0 Å². The van der Waals surface area contributed by atoms with Gasteiger partial charge in [0.05, 0.1) is 19.3 Å². The van der Waals surface area contributed by atoms with Crippen molar-refractivity contribution in [3.05, 3.63) is 35.4 Å². The first-order valence-corrected chi connectivity index (χ1v) is 8.87. The Morgan fingerprint density at radius 3 is 2.81 bits per heavy atom. The van der Waals surface area contributed by atoms with E-state index in [0.29, 0.717) is 32.2 Å².